The number of anilines is 1. The van der Waals surface area contributed by atoms with E-state index in [9.17, 15) is 5.11 Å². The van der Waals surface area contributed by atoms with Gasteiger partial charge in [-0.15, -0.1) is 0 Å². The molecule has 0 saturated heterocycles. The largest absolute Gasteiger partial charge is 0.394 e. The molecule has 1 aliphatic heterocycles. The molecule has 0 atom stereocenters. The van der Waals surface area contributed by atoms with Crippen LogP contribution in [-0.4, -0.2) is 30.8 Å². The fourth-order valence-corrected chi connectivity index (χ4v) is 2.13. The highest BCUT2D eigenvalue weighted by Gasteiger charge is 2.17. The van der Waals surface area contributed by atoms with E-state index in [0.717, 1.165) is 19.5 Å². The quantitative estimate of drug-likeness (QED) is 0.829. The number of aliphatic hydroxyl groups is 1. The number of nitrogens with one attached hydrogen (secondary N) is 1. The molecule has 3 heteroatoms. The predicted molar refractivity (Wildman–Crippen MR) is 71.4 cm³/mol. The molecular weight excluding hydrogens is 212 g/mol. The summed E-state index contributed by atoms with van der Waals surface area (Å²) < 4.78 is 0. The maximum absolute atomic E-state index is 9.19. The minimum absolute atomic E-state index is 0.153. The summed E-state index contributed by atoms with van der Waals surface area (Å²) in [5.74, 6) is 0. The Bertz CT molecular complexity index is 401. The first-order valence-electron chi connectivity index (χ1n) is 6.21. The van der Waals surface area contributed by atoms with Crippen LogP contribution in [0, 0.1) is 0 Å². The number of benzene rings is 1. The highest BCUT2D eigenvalue weighted by atomic mass is 16.3. The predicted octanol–water partition coefficient (Wildman–Crippen LogP) is 1.54. The number of rotatable bonds is 4. The van der Waals surface area contributed by atoms with E-state index in [0.29, 0.717) is 0 Å². The summed E-state index contributed by atoms with van der Waals surface area (Å²) in [6.45, 7) is 6.10. The van der Waals surface area contributed by atoms with Crippen LogP contribution in [0.3, 0.4) is 0 Å². The number of aliphatic hydroxyl groups excluding tert-OH is 1. The normalized spacial score (nSPS) is 15.2. The molecule has 3 nitrogen and oxygen atoms in total. The third-order valence-corrected chi connectivity index (χ3v) is 3.44. The van der Waals surface area contributed by atoms with Crippen molar-refractivity contribution in [1.29, 1.82) is 0 Å². The summed E-state index contributed by atoms with van der Waals surface area (Å²) in [6, 6.07) is 6.64. The first-order chi connectivity index (χ1) is 8.02. The van der Waals surface area contributed by atoms with Gasteiger partial charge in [-0.2, -0.15) is 0 Å². The second-order valence-corrected chi connectivity index (χ2v) is 5.53. The van der Waals surface area contributed by atoms with E-state index < -0.39 is 0 Å². The van der Waals surface area contributed by atoms with Gasteiger partial charge < -0.3 is 15.3 Å². The molecule has 2 rings (SSSR count). The van der Waals surface area contributed by atoms with Gasteiger partial charge in [0.25, 0.3) is 0 Å². The molecular formula is C14H22N2O. The summed E-state index contributed by atoms with van der Waals surface area (Å²) in [4.78, 5) is 2.30. The van der Waals surface area contributed by atoms with Crippen LogP contribution in [0.4, 0.5) is 5.69 Å². The summed E-state index contributed by atoms with van der Waals surface area (Å²) in [5, 5.41) is 12.6. The van der Waals surface area contributed by atoms with Gasteiger partial charge in [0.1, 0.15) is 0 Å². The standard InChI is InChI=1S/C14H22N2O/c1-14(2,10-17)15-9-11-4-5-13-12(8-11)6-7-16(13)3/h4-5,8,15,17H,6-7,9-10H2,1-3H3. The molecule has 0 aliphatic carbocycles. The number of hydrogen-bond acceptors (Lipinski definition) is 3. The maximum atomic E-state index is 9.19. The molecule has 0 fully saturated rings. The van der Waals surface area contributed by atoms with E-state index in [1.807, 2.05) is 13.8 Å². The van der Waals surface area contributed by atoms with Gasteiger partial charge in [0.05, 0.1) is 6.61 Å². The van der Waals surface area contributed by atoms with Crippen LogP contribution < -0.4 is 10.2 Å². The molecule has 0 spiro atoms. The van der Waals surface area contributed by atoms with Gasteiger partial charge in [-0.3, -0.25) is 0 Å². The molecule has 0 aromatic heterocycles. The average Bonchev–Trinajstić information content (AvgIpc) is 2.68. The van der Waals surface area contributed by atoms with Crippen molar-refractivity contribution in [2.24, 2.45) is 0 Å². The fourth-order valence-electron chi connectivity index (χ4n) is 2.13. The van der Waals surface area contributed by atoms with Crippen LogP contribution in [0.2, 0.25) is 0 Å². The van der Waals surface area contributed by atoms with Gasteiger partial charge in [0, 0.05) is 31.4 Å². The Hall–Kier alpha value is -1.06. The van der Waals surface area contributed by atoms with Crippen LogP contribution in [0.25, 0.3) is 0 Å². The van der Waals surface area contributed by atoms with Crippen molar-refractivity contribution in [1.82, 2.24) is 5.32 Å². The first kappa shape index (κ1) is 12.4. The van der Waals surface area contributed by atoms with Crippen molar-refractivity contribution in [2.75, 3.05) is 25.1 Å². The second kappa shape index (κ2) is 4.67. The zero-order valence-corrected chi connectivity index (χ0v) is 11.0. The monoisotopic (exact) mass is 234 g/mol. The van der Waals surface area contributed by atoms with Crippen molar-refractivity contribution in [3.8, 4) is 0 Å². The third kappa shape index (κ3) is 2.79. The zero-order valence-electron chi connectivity index (χ0n) is 11.0. The lowest BCUT2D eigenvalue weighted by Gasteiger charge is -2.23. The van der Waals surface area contributed by atoms with E-state index in [1.165, 1.54) is 16.8 Å². The van der Waals surface area contributed by atoms with Crippen LogP contribution in [0.5, 0.6) is 0 Å². The van der Waals surface area contributed by atoms with Crippen LogP contribution in [0.15, 0.2) is 18.2 Å². The van der Waals surface area contributed by atoms with E-state index in [4.69, 9.17) is 0 Å². The maximum Gasteiger partial charge on any atom is 0.0607 e. The molecule has 1 aromatic carbocycles. The molecule has 0 radical (unpaired) electrons. The fraction of sp³-hybridized carbons (Fsp3) is 0.571. The molecule has 2 N–H and O–H groups in total. The third-order valence-electron chi connectivity index (χ3n) is 3.44. The minimum Gasteiger partial charge on any atom is -0.394 e. The van der Waals surface area contributed by atoms with Crippen molar-refractivity contribution in [3.05, 3.63) is 29.3 Å². The molecule has 1 heterocycles. The molecule has 0 unspecified atom stereocenters. The topological polar surface area (TPSA) is 35.5 Å². The lowest BCUT2D eigenvalue weighted by Crippen LogP contribution is -2.42. The SMILES string of the molecule is CN1CCc2cc(CNC(C)(C)CO)ccc21. The van der Waals surface area contributed by atoms with Crippen LogP contribution in [0.1, 0.15) is 25.0 Å². The van der Waals surface area contributed by atoms with E-state index in [-0.39, 0.29) is 12.1 Å². The molecule has 0 amide bonds. The first-order valence-corrected chi connectivity index (χ1v) is 6.21. The minimum atomic E-state index is -0.212. The van der Waals surface area contributed by atoms with Gasteiger partial charge in [-0.25, -0.2) is 0 Å². The van der Waals surface area contributed by atoms with Gasteiger partial charge in [-0.05, 0) is 37.5 Å². The van der Waals surface area contributed by atoms with Crippen LogP contribution in [-0.2, 0) is 13.0 Å². The van der Waals surface area contributed by atoms with Crippen molar-refractivity contribution in [2.45, 2.75) is 32.4 Å². The van der Waals surface area contributed by atoms with E-state index >= 15 is 0 Å². The Kier molecular flexibility index (Phi) is 3.40. The van der Waals surface area contributed by atoms with Gasteiger partial charge in [0.15, 0.2) is 0 Å². The van der Waals surface area contributed by atoms with Gasteiger partial charge in [-0.1, -0.05) is 12.1 Å². The second-order valence-electron chi connectivity index (χ2n) is 5.53. The van der Waals surface area contributed by atoms with Crippen molar-refractivity contribution in [3.63, 3.8) is 0 Å². The summed E-state index contributed by atoms with van der Waals surface area (Å²) >= 11 is 0. The molecule has 1 aliphatic rings. The van der Waals surface area contributed by atoms with Gasteiger partial charge in [0.2, 0.25) is 0 Å². The molecule has 1 aromatic rings. The number of fused-ring (bicyclic) bond motifs is 1. The Labute approximate surface area is 103 Å². The van der Waals surface area contributed by atoms with Crippen molar-refractivity contribution < 1.29 is 5.11 Å². The number of likely N-dealkylation sites (N-methyl/N-ethyl adjacent to an activating group) is 1. The molecule has 94 valence electrons. The highest BCUT2D eigenvalue weighted by Crippen LogP contribution is 2.27. The Morgan fingerprint density at radius 2 is 2.18 bits per heavy atom. The summed E-state index contributed by atoms with van der Waals surface area (Å²) in [5.41, 5.74) is 3.87. The average molecular weight is 234 g/mol. The molecule has 0 bridgehead atoms. The number of nitrogens with zero attached hydrogens (tertiary/aromatic N) is 1. The number of hydrogen-bond donors (Lipinski definition) is 2. The lowest BCUT2D eigenvalue weighted by atomic mass is 10.0. The Balaban J connectivity index is 2.04. The molecule has 0 saturated carbocycles. The summed E-state index contributed by atoms with van der Waals surface area (Å²) in [7, 11) is 2.14. The summed E-state index contributed by atoms with van der Waals surface area (Å²) in [6.07, 6.45) is 1.14. The molecule has 17 heavy (non-hydrogen) atoms. The van der Waals surface area contributed by atoms with E-state index in [1.54, 1.807) is 0 Å². The van der Waals surface area contributed by atoms with E-state index in [2.05, 4.69) is 35.5 Å². The lowest BCUT2D eigenvalue weighted by molar-refractivity contribution is 0.187. The van der Waals surface area contributed by atoms with Crippen LogP contribution >= 0.6 is 0 Å². The van der Waals surface area contributed by atoms with Gasteiger partial charge >= 0.3 is 0 Å². The Morgan fingerprint density at radius 1 is 1.41 bits per heavy atom. The smallest absolute Gasteiger partial charge is 0.0607 e. The zero-order chi connectivity index (χ0) is 12.5. The highest BCUT2D eigenvalue weighted by molar-refractivity contribution is 5.58. The van der Waals surface area contributed by atoms with Crippen molar-refractivity contribution >= 4 is 5.69 Å². The Morgan fingerprint density at radius 3 is 2.88 bits per heavy atom.